The predicted molar refractivity (Wildman–Crippen MR) is 97.4 cm³/mol. The van der Waals surface area contributed by atoms with Gasteiger partial charge in [0.05, 0.1) is 0 Å². The van der Waals surface area contributed by atoms with Gasteiger partial charge >= 0.3 is 0 Å². The lowest BCUT2D eigenvalue weighted by Gasteiger charge is -2.15. The van der Waals surface area contributed by atoms with Crippen LogP contribution in [-0.4, -0.2) is 28.5 Å². The smallest absolute Gasteiger partial charge is 0.261 e. The normalized spacial score (nSPS) is 17.0. The summed E-state index contributed by atoms with van der Waals surface area (Å²) in [6.45, 7) is 1.95. The molecule has 0 radical (unpaired) electrons. The molecule has 4 nitrogen and oxygen atoms in total. The molecule has 0 unspecified atom stereocenters. The molecule has 1 N–H and O–H groups in total. The van der Waals surface area contributed by atoms with Crippen LogP contribution < -0.4 is 10.1 Å². The zero-order chi connectivity index (χ0) is 16.2. The second-order valence-electron chi connectivity index (χ2n) is 5.33. The number of carbonyl (C=O) groups is 1. The monoisotopic (exact) mass is 392 g/mol. The summed E-state index contributed by atoms with van der Waals surface area (Å²) in [5.41, 5.74) is 2.22. The van der Waals surface area contributed by atoms with Crippen LogP contribution in [0.3, 0.4) is 0 Å². The zero-order valence-electron chi connectivity index (χ0n) is 12.7. The fraction of sp³-hybridized carbons (Fsp3) is 0.294. The highest BCUT2D eigenvalue weighted by molar-refractivity contribution is 9.10. The van der Waals surface area contributed by atoms with Crippen molar-refractivity contribution in [3.63, 3.8) is 0 Å². The third-order valence-corrected chi connectivity index (χ3v) is 5.69. The molecule has 1 aromatic heterocycles. The van der Waals surface area contributed by atoms with Crippen molar-refractivity contribution < 1.29 is 9.53 Å². The second kappa shape index (κ2) is 7.36. The molecule has 1 fully saturated rings. The van der Waals surface area contributed by atoms with Crippen molar-refractivity contribution in [1.29, 1.82) is 0 Å². The van der Waals surface area contributed by atoms with Crippen LogP contribution in [0.5, 0.6) is 5.88 Å². The van der Waals surface area contributed by atoms with E-state index in [9.17, 15) is 4.79 Å². The highest BCUT2D eigenvalue weighted by Crippen LogP contribution is 2.27. The highest BCUT2D eigenvalue weighted by Gasteiger charge is 2.21. The summed E-state index contributed by atoms with van der Waals surface area (Å²) in [5, 5.41) is 2.94. The Balaban J connectivity index is 1.80. The van der Waals surface area contributed by atoms with E-state index in [1.54, 1.807) is 18.3 Å². The molecule has 1 atom stereocenters. The van der Waals surface area contributed by atoms with Gasteiger partial charge in [0.2, 0.25) is 5.88 Å². The molecule has 2 heterocycles. The van der Waals surface area contributed by atoms with E-state index in [0.29, 0.717) is 11.4 Å². The van der Waals surface area contributed by atoms with Gasteiger partial charge in [0.25, 0.3) is 5.91 Å². The number of benzene rings is 1. The average Bonchev–Trinajstić information content (AvgIpc) is 3.05. The summed E-state index contributed by atoms with van der Waals surface area (Å²) in [6, 6.07) is 9.21. The van der Waals surface area contributed by atoms with Gasteiger partial charge in [0.15, 0.2) is 0 Å². The number of ether oxygens (including phenoxy) is 1. The zero-order valence-corrected chi connectivity index (χ0v) is 15.1. The molecule has 1 saturated heterocycles. The number of thioether (sulfide) groups is 1. The minimum atomic E-state index is -0.208. The number of nitrogens with zero attached hydrogens (tertiary/aromatic N) is 1. The molecule has 2 aromatic rings. The summed E-state index contributed by atoms with van der Waals surface area (Å²) >= 11 is 5.34. The minimum Gasteiger partial charge on any atom is -0.473 e. The van der Waals surface area contributed by atoms with Crippen molar-refractivity contribution in [1.82, 2.24) is 4.98 Å². The van der Waals surface area contributed by atoms with E-state index in [-0.39, 0.29) is 12.0 Å². The Morgan fingerprint density at radius 1 is 1.39 bits per heavy atom. The van der Waals surface area contributed by atoms with Gasteiger partial charge < -0.3 is 10.1 Å². The fourth-order valence-corrected chi connectivity index (χ4v) is 3.81. The number of halogens is 1. The van der Waals surface area contributed by atoms with Gasteiger partial charge in [-0.05, 0) is 48.9 Å². The first-order chi connectivity index (χ1) is 11.1. The number of rotatable bonds is 4. The molecule has 0 saturated carbocycles. The van der Waals surface area contributed by atoms with Gasteiger partial charge in [-0.1, -0.05) is 22.0 Å². The van der Waals surface area contributed by atoms with Gasteiger partial charge in [0, 0.05) is 22.1 Å². The standard InChI is InChI=1S/C17H17BrN2O2S/c1-11-14(18)5-2-6-15(11)20-16(21)13-4-3-8-19-17(13)22-12-7-9-23-10-12/h2-6,8,12H,7,9-10H2,1H3,(H,20,21)/t12-/m0/s1. The Kier molecular flexibility index (Phi) is 5.23. The molecule has 1 aliphatic rings. The number of nitrogens with one attached hydrogen (secondary N) is 1. The Labute approximate surface area is 148 Å². The van der Waals surface area contributed by atoms with Gasteiger partial charge in [-0.2, -0.15) is 11.8 Å². The van der Waals surface area contributed by atoms with Crippen LogP contribution >= 0.6 is 27.7 Å². The molecular formula is C17H17BrN2O2S. The molecule has 120 valence electrons. The Morgan fingerprint density at radius 2 is 2.26 bits per heavy atom. The van der Waals surface area contributed by atoms with Crippen LogP contribution in [0.4, 0.5) is 5.69 Å². The molecule has 0 bridgehead atoms. The van der Waals surface area contributed by atoms with Crippen molar-refractivity contribution in [3.05, 3.63) is 52.1 Å². The molecule has 3 rings (SSSR count). The van der Waals surface area contributed by atoms with E-state index in [4.69, 9.17) is 4.74 Å². The van der Waals surface area contributed by atoms with Crippen LogP contribution in [0.15, 0.2) is 41.0 Å². The SMILES string of the molecule is Cc1c(Br)cccc1NC(=O)c1cccnc1O[C@H]1CCSC1. The summed E-state index contributed by atoms with van der Waals surface area (Å²) in [5.74, 6) is 2.24. The lowest BCUT2D eigenvalue weighted by molar-refractivity contribution is 0.101. The van der Waals surface area contributed by atoms with Gasteiger partial charge in [-0.3, -0.25) is 4.79 Å². The number of carbonyl (C=O) groups excluding carboxylic acids is 1. The first kappa shape index (κ1) is 16.3. The van der Waals surface area contributed by atoms with Gasteiger partial charge in [-0.25, -0.2) is 4.98 Å². The second-order valence-corrected chi connectivity index (χ2v) is 7.33. The minimum absolute atomic E-state index is 0.133. The lowest BCUT2D eigenvalue weighted by atomic mass is 10.2. The maximum Gasteiger partial charge on any atom is 0.261 e. The highest BCUT2D eigenvalue weighted by atomic mass is 79.9. The third-order valence-electron chi connectivity index (χ3n) is 3.70. The number of amides is 1. The largest absolute Gasteiger partial charge is 0.473 e. The third kappa shape index (κ3) is 3.87. The number of hydrogen-bond acceptors (Lipinski definition) is 4. The average molecular weight is 393 g/mol. The first-order valence-corrected chi connectivity index (χ1v) is 9.36. The van der Waals surface area contributed by atoms with Crippen molar-refractivity contribution in [2.75, 3.05) is 16.8 Å². The molecule has 1 aliphatic heterocycles. The number of aromatic nitrogens is 1. The van der Waals surface area contributed by atoms with E-state index < -0.39 is 0 Å². The Bertz CT molecular complexity index is 717. The van der Waals surface area contributed by atoms with E-state index in [1.165, 1.54) is 0 Å². The molecule has 0 spiro atoms. The van der Waals surface area contributed by atoms with Crippen molar-refractivity contribution in [2.45, 2.75) is 19.4 Å². The van der Waals surface area contributed by atoms with E-state index in [2.05, 4.69) is 26.2 Å². The topological polar surface area (TPSA) is 51.2 Å². The summed E-state index contributed by atoms with van der Waals surface area (Å²) in [4.78, 5) is 16.9. The van der Waals surface area contributed by atoms with Crippen LogP contribution in [0.1, 0.15) is 22.3 Å². The molecular weight excluding hydrogens is 376 g/mol. The van der Waals surface area contributed by atoms with Crippen molar-refractivity contribution in [3.8, 4) is 5.88 Å². The number of hydrogen-bond donors (Lipinski definition) is 1. The van der Waals surface area contributed by atoms with Crippen molar-refractivity contribution in [2.24, 2.45) is 0 Å². The van der Waals surface area contributed by atoms with E-state index in [1.807, 2.05) is 36.9 Å². The summed E-state index contributed by atoms with van der Waals surface area (Å²) in [7, 11) is 0. The Hall–Kier alpha value is -1.53. The maximum absolute atomic E-state index is 12.6. The van der Waals surface area contributed by atoms with Gasteiger partial charge in [-0.15, -0.1) is 0 Å². The lowest BCUT2D eigenvalue weighted by Crippen LogP contribution is -2.20. The Morgan fingerprint density at radius 3 is 3.04 bits per heavy atom. The van der Waals surface area contributed by atoms with Crippen molar-refractivity contribution >= 4 is 39.3 Å². The van der Waals surface area contributed by atoms with Crippen LogP contribution in [-0.2, 0) is 0 Å². The summed E-state index contributed by atoms with van der Waals surface area (Å²) < 4.78 is 6.88. The molecule has 1 amide bonds. The molecule has 6 heteroatoms. The first-order valence-electron chi connectivity index (χ1n) is 7.41. The maximum atomic E-state index is 12.6. The quantitative estimate of drug-likeness (QED) is 0.842. The summed E-state index contributed by atoms with van der Waals surface area (Å²) in [6.07, 6.45) is 2.78. The molecule has 0 aliphatic carbocycles. The van der Waals surface area contributed by atoms with E-state index >= 15 is 0 Å². The predicted octanol–water partition coefficient (Wildman–Crippen LogP) is 4.29. The van der Waals surface area contributed by atoms with Crippen LogP contribution in [0.2, 0.25) is 0 Å². The fourth-order valence-electron chi connectivity index (χ4n) is 2.35. The molecule has 1 aromatic carbocycles. The molecule has 23 heavy (non-hydrogen) atoms. The van der Waals surface area contributed by atoms with Crippen LogP contribution in [0, 0.1) is 6.92 Å². The van der Waals surface area contributed by atoms with Crippen LogP contribution in [0.25, 0.3) is 0 Å². The van der Waals surface area contributed by atoms with Gasteiger partial charge in [0.1, 0.15) is 11.7 Å². The van der Waals surface area contributed by atoms with E-state index in [0.717, 1.165) is 33.7 Å². The number of pyridine rings is 1. The number of anilines is 1.